The fourth-order valence-electron chi connectivity index (χ4n) is 1.57. The van der Waals surface area contributed by atoms with Gasteiger partial charge in [-0.3, -0.25) is 0 Å². The van der Waals surface area contributed by atoms with Gasteiger partial charge in [-0.2, -0.15) is 4.98 Å². The molecule has 0 fully saturated rings. The zero-order valence-electron chi connectivity index (χ0n) is 10.1. The number of nitrogens with one attached hydrogen (secondary N) is 1. The van der Waals surface area contributed by atoms with E-state index in [0.717, 1.165) is 12.8 Å². The monoisotopic (exact) mass is 260 g/mol. The van der Waals surface area contributed by atoms with Crippen molar-refractivity contribution in [2.24, 2.45) is 0 Å². The minimum Gasteiger partial charge on any atom is -0.366 e. The van der Waals surface area contributed by atoms with Gasteiger partial charge < -0.3 is 5.73 Å². The minimum absolute atomic E-state index is 0.0356. The number of rotatable bonds is 8. The Bertz CT molecular complexity index is 427. The van der Waals surface area contributed by atoms with E-state index in [1.54, 1.807) is 0 Å². The van der Waals surface area contributed by atoms with Crippen molar-refractivity contribution in [2.45, 2.75) is 50.6 Å². The molecule has 1 rings (SSSR count). The standard InChI is InChI=1S/C10H20N4O2S/c1-2-3-4-5-6-7-8-17(15,16)10-12-9(11)13-14-10/h2-8H2,1H3,(H3,11,12,13,14). The predicted octanol–water partition coefficient (Wildman–Crippen LogP) is 1.52. The molecule has 0 aliphatic heterocycles. The van der Waals surface area contributed by atoms with Gasteiger partial charge in [0.15, 0.2) is 0 Å². The number of unbranched alkanes of at least 4 members (excludes halogenated alkanes) is 5. The van der Waals surface area contributed by atoms with Crippen LogP contribution < -0.4 is 5.73 Å². The summed E-state index contributed by atoms with van der Waals surface area (Å²) in [5.74, 6) is 0.0693. The number of sulfone groups is 1. The molecule has 0 bridgehead atoms. The van der Waals surface area contributed by atoms with Gasteiger partial charge in [0, 0.05) is 0 Å². The van der Waals surface area contributed by atoms with Gasteiger partial charge in [0.05, 0.1) is 5.75 Å². The highest BCUT2D eigenvalue weighted by Gasteiger charge is 2.18. The van der Waals surface area contributed by atoms with E-state index >= 15 is 0 Å². The Kier molecular flexibility index (Phi) is 5.40. The summed E-state index contributed by atoms with van der Waals surface area (Å²) in [4.78, 5) is 3.63. The number of hydrogen-bond acceptors (Lipinski definition) is 5. The van der Waals surface area contributed by atoms with E-state index in [2.05, 4.69) is 22.1 Å². The average molecular weight is 260 g/mol. The Morgan fingerprint density at radius 3 is 2.41 bits per heavy atom. The van der Waals surface area contributed by atoms with Crippen molar-refractivity contribution in [3.8, 4) is 0 Å². The number of aromatic nitrogens is 3. The molecule has 1 heterocycles. The molecule has 0 unspecified atom stereocenters. The number of hydrogen-bond donors (Lipinski definition) is 2. The summed E-state index contributed by atoms with van der Waals surface area (Å²) in [6, 6.07) is 0. The summed E-state index contributed by atoms with van der Waals surface area (Å²) < 4.78 is 23.5. The van der Waals surface area contributed by atoms with Crippen LogP contribution in [0.2, 0.25) is 0 Å². The number of nitrogens with two attached hydrogens (primary N) is 1. The molecule has 0 saturated carbocycles. The third-order valence-corrected chi connectivity index (χ3v) is 4.14. The number of nitrogen functional groups attached to an aromatic ring is 1. The lowest BCUT2D eigenvalue weighted by atomic mass is 10.1. The quantitative estimate of drug-likeness (QED) is 0.690. The molecule has 0 aliphatic rings. The van der Waals surface area contributed by atoms with Crippen LogP contribution in [0.25, 0.3) is 0 Å². The van der Waals surface area contributed by atoms with Crippen molar-refractivity contribution in [1.82, 2.24) is 15.2 Å². The molecule has 0 saturated heterocycles. The molecule has 0 amide bonds. The number of anilines is 1. The largest absolute Gasteiger partial charge is 0.366 e. The van der Waals surface area contributed by atoms with Gasteiger partial charge in [0.2, 0.25) is 20.9 Å². The van der Waals surface area contributed by atoms with Crippen molar-refractivity contribution in [1.29, 1.82) is 0 Å². The molecule has 6 nitrogen and oxygen atoms in total. The summed E-state index contributed by atoms with van der Waals surface area (Å²) >= 11 is 0. The van der Waals surface area contributed by atoms with E-state index in [4.69, 9.17) is 5.73 Å². The molecule has 0 aliphatic carbocycles. The summed E-state index contributed by atoms with van der Waals surface area (Å²) in [6.07, 6.45) is 6.25. The maximum atomic E-state index is 11.7. The van der Waals surface area contributed by atoms with Gasteiger partial charge in [-0.1, -0.05) is 39.0 Å². The van der Waals surface area contributed by atoms with Crippen molar-refractivity contribution < 1.29 is 8.42 Å². The van der Waals surface area contributed by atoms with Crippen LogP contribution in [0.4, 0.5) is 5.95 Å². The highest BCUT2D eigenvalue weighted by molar-refractivity contribution is 7.91. The van der Waals surface area contributed by atoms with Gasteiger partial charge in [-0.25, -0.2) is 13.5 Å². The lowest BCUT2D eigenvalue weighted by Crippen LogP contribution is -2.09. The fraction of sp³-hybridized carbons (Fsp3) is 0.800. The number of aromatic amines is 1. The van der Waals surface area contributed by atoms with Gasteiger partial charge in [-0.05, 0) is 6.42 Å². The van der Waals surface area contributed by atoms with Crippen LogP contribution in [0.15, 0.2) is 5.16 Å². The highest BCUT2D eigenvalue weighted by Crippen LogP contribution is 2.10. The van der Waals surface area contributed by atoms with Crippen molar-refractivity contribution in [3.05, 3.63) is 0 Å². The SMILES string of the molecule is CCCCCCCCS(=O)(=O)c1nc(N)n[nH]1. The molecule has 0 spiro atoms. The second-order valence-corrected chi connectivity index (χ2v) is 6.11. The van der Waals surface area contributed by atoms with Gasteiger partial charge in [0.25, 0.3) is 0 Å². The highest BCUT2D eigenvalue weighted by atomic mass is 32.2. The topological polar surface area (TPSA) is 102 Å². The van der Waals surface area contributed by atoms with E-state index in [1.807, 2.05) is 0 Å². The van der Waals surface area contributed by atoms with Crippen LogP contribution in [0.3, 0.4) is 0 Å². The molecule has 7 heteroatoms. The van der Waals surface area contributed by atoms with E-state index in [1.165, 1.54) is 19.3 Å². The third kappa shape index (κ3) is 4.72. The zero-order chi connectivity index (χ0) is 12.7. The van der Waals surface area contributed by atoms with Crippen molar-refractivity contribution in [3.63, 3.8) is 0 Å². The van der Waals surface area contributed by atoms with Gasteiger partial charge >= 0.3 is 0 Å². The third-order valence-electron chi connectivity index (χ3n) is 2.54. The van der Waals surface area contributed by atoms with Crippen LogP contribution in [0.1, 0.15) is 45.4 Å². The average Bonchev–Trinajstić information content (AvgIpc) is 2.71. The molecule has 0 atom stereocenters. The Hall–Kier alpha value is -1.11. The second-order valence-electron chi connectivity index (χ2n) is 4.09. The fourth-order valence-corrected chi connectivity index (χ4v) is 2.76. The van der Waals surface area contributed by atoms with Crippen LogP contribution in [0.5, 0.6) is 0 Å². The Balaban J connectivity index is 2.31. The number of nitrogens with zero attached hydrogens (tertiary/aromatic N) is 2. The van der Waals surface area contributed by atoms with E-state index in [0.29, 0.717) is 6.42 Å². The molecule has 0 radical (unpaired) electrons. The van der Waals surface area contributed by atoms with Crippen molar-refractivity contribution >= 4 is 15.8 Å². The predicted molar refractivity (Wildman–Crippen MR) is 66.2 cm³/mol. The summed E-state index contributed by atoms with van der Waals surface area (Å²) in [6.45, 7) is 2.15. The molecule has 0 aromatic carbocycles. The maximum Gasteiger partial charge on any atom is 0.244 e. The summed E-state index contributed by atoms with van der Waals surface area (Å²) in [5.41, 5.74) is 5.27. The van der Waals surface area contributed by atoms with Crippen LogP contribution >= 0.6 is 0 Å². The lowest BCUT2D eigenvalue weighted by Gasteiger charge is -2.01. The summed E-state index contributed by atoms with van der Waals surface area (Å²) in [7, 11) is -3.34. The normalized spacial score (nSPS) is 11.8. The van der Waals surface area contributed by atoms with Crippen LogP contribution in [-0.4, -0.2) is 29.4 Å². The molecule has 3 N–H and O–H groups in total. The van der Waals surface area contributed by atoms with E-state index < -0.39 is 9.84 Å². The second kappa shape index (κ2) is 6.58. The van der Waals surface area contributed by atoms with Crippen LogP contribution in [-0.2, 0) is 9.84 Å². The van der Waals surface area contributed by atoms with Gasteiger partial charge in [-0.15, -0.1) is 5.10 Å². The Morgan fingerprint density at radius 2 is 1.82 bits per heavy atom. The molecule has 1 aromatic rings. The minimum atomic E-state index is -3.34. The first-order valence-corrected chi connectivity index (χ1v) is 7.62. The Labute approximate surface area is 102 Å². The first kappa shape index (κ1) is 14.0. The molecule has 98 valence electrons. The Morgan fingerprint density at radius 1 is 1.18 bits per heavy atom. The summed E-state index contributed by atoms with van der Waals surface area (Å²) in [5, 5.41) is 5.73. The van der Waals surface area contributed by atoms with E-state index in [9.17, 15) is 8.42 Å². The molecular formula is C10H20N4O2S. The zero-order valence-corrected chi connectivity index (χ0v) is 11.0. The molecule has 1 aromatic heterocycles. The van der Waals surface area contributed by atoms with Crippen molar-refractivity contribution in [2.75, 3.05) is 11.5 Å². The number of H-pyrrole nitrogens is 1. The molecular weight excluding hydrogens is 240 g/mol. The maximum absolute atomic E-state index is 11.7. The first-order chi connectivity index (χ1) is 8.06. The first-order valence-electron chi connectivity index (χ1n) is 5.97. The molecule has 17 heavy (non-hydrogen) atoms. The van der Waals surface area contributed by atoms with Crippen LogP contribution in [0, 0.1) is 0 Å². The smallest absolute Gasteiger partial charge is 0.244 e. The van der Waals surface area contributed by atoms with E-state index in [-0.39, 0.29) is 16.9 Å². The van der Waals surface area contributed by atoms with Gasteiger partial charge in [0.1, 0.15) is 0 Å². The lowest BCUT2D eigenvalue weighted by molar-refractivity contribution is 0.576.